The Bertz CT molecular complexity index is 945. The zero-order chi connectivity index (χ0) is 19.6. The van der Waals surface area contributed by atoms with Crippen molar-refractivity contribution in [1.82, 2.24) is 5.43 Å². The van der Waals surface area contributed by atoms with Gasteiger partial charge in [-0.25, -0.2) is 5.43 Å². The van der Waals surface area contributed by atoms with E-state index in [0.717, 1.165) is 15.6 Å². The van der Waals surface area contributed by atoms with E-state index in [1.165, 1.54) is 0 Å². The molecule has 1 N–H and O–H groups in total. The molecule has 0 radical (unpaired) electrons. The fraction of sp³-hybridized carbons (Fsp3) is 0.0909. The Kier molecular flexibility index (Phi) is 7.21. The molecule has 0 aliphatic carbocycles. The van der Waals surface area contributed by atoms with Crippen LogP contribution in [-0.2, 0) is 11.4 Å². The second-order valence-corrected chi connectivity index (χ2v) is 6.77. The number of rotatable bonds is 8. The van der Waals surface area contributed by atoms with Gasteiger partial charge in [0.15, 0.2) is 6.61 Å². The highest BCUT2D eigenvalue weighted by Gasteiger charge is 2.04. The molecule has 6 heteroatoms. The molecule has 0 aliphatic rings. The molecular weight excluding hydrogens is 420 g/mol. The lowest BCUT2D eigenvalue weighted by atomic mass is 10.2. The molecule has 1 amide bonds. The number of para-hydroxylation sites is 2. The molecule has 3 rings (SSSR count). The van der Waals surface area contributed by atoms with Crippen molar-refractivity contribution in [3.8, 4) is 11.5 Å². The van der Waals surface area contributed by atoms with Crippen LogP contribution in [0.5, 0.6) is 11.5 Å². The Morgan fingerprint density at radius 3 is 2.57 bits per heavy atom. The molecule has 0 aliphatic heterocycles. The fourth-order valence-electron chi connectivity index (χ4n) is 2.38. The Hall–Kier alpha value is -3.12. The summed E-state index contributed by atoms with van der Waals surface area (Å²) in [5.74, 6) is 0.974. The molecule has 0 aromatic heterocycles. The van der Waals surface area contributed by atoms with Crippen LogP contribution >= 0.6 is 15.9 Å². The minimum absolute atomic E-state index is 0.109. The molecule has 0 unspecified atom stereocenters. The van der Waals surface area contributed by atoms with Gasteiger partial charge in [-0.05, 0) is 42.0 Å². The molecule has 0 heterocycles. The van der Waals surface area contributed by atoms with E-state index >= 15 is 0 Å². The summed E-state index contributed by atoms with van der Waals surface area (Å²) in [5.41, 5.74) is 4.27. The largest absolute Gasteiger partial charge is 0.488 e. The van der Waals surface area contributed by atoms with Gasteiger partial charge in [0.1, 0.15) is 18.1 Å². The van der Waals surface area contributed by atoms with Crippen LogP contribution in [0, 0.1) is 0 Å². The third kappa shape index (κ3) is 6.25. The van der Waals surface area contributed by atoms with Crippen LogP contribution in [0.3, 0.4) is 0 Å². The van der Waals surface area contributed by atoms with Crippen LogP contribution in [0.1, 0.15) is 11.1 Å². The summed E-state index contributed by atoms with van der Waals surface area (Å²) >= 11 is 3.45. The smallest absolute Gasteiger partial charge is 0.277 e. The summed E-state index contributed by atoms with van der Waals surface area (Å²) in [4.78, 5) is 11.8. The van der Waals surface area contributed by atoms with Crippen molar-refractivity contribution in [2.45, 2.75) is 6.61 Å². The molecule has 0 atom stereocenters. The molecule has 5 nitrogen and oxygen atoms in total. The molecule has 3 aromatic rings. The average Bonchev–Trinajstić information content (AvgIpc) is 2.72. The molecular formula is C22H19BrN2O3. The van der Waals surface area contributed by atoms with Gasteiger partial charge in [-0.3, -0.25) is 4.79 Å². The zero-order valence-electron chi connectivity index (χ0n) is 15.0. The minimum Gasteiger partial charge on any atom is -0.488 e. The van der Waals surface area contributed by atoms with Crippen LogP contribution in [0.4, 0.5) is 0 Å². The molecule has 142 valence electrons. The van der Waals surface area contributed by atoms with Crippen LogP contribution in [-0.4, -0.2) is 18.7 Å². The minimum atomic E-state index is -0.340. The highest BCUT2D eigenvalue weighted by molar-refractivity contribution is 9.10. The molecule has 3 aromatic carbocycles. The van der Waals surface area contributed by atoms with Crippen LogP contribution in [0.2, 0.25) is 0 Å². The van der Waals surface area contributed by atoms with E-state index in [1.54, 1.807) is 18.3 Å². The number of hydrazone groups is 1. The van der Waals surface area contributed by atoms with Crippen LogP contribution in [0.25, 0.3) is 0 Å². The first-order valence-corrected chi connectivity index (χ1v) is 9.46. The number of carbonyl (C=O) groups excluding carboxylic acids is 1. The van der Waals surface area contributed by atoms with Gasteiger partial charge < -0.3 is 9.47 Å². The Labute approximate surface area is 172 Å². The molecule has 28 heavy (non-hydrogen) atoms. The van der Waals surface area contributed by atoms with Gasteiger partial charge in [-0.15, -0.1) is 0 Å². The first-order chi connectivity index (χ1) is 13.7. The summed E-state index contributed by atoms with van der Waals surface area (Å²) in [5, 5.41) is 3.99. The maximum Gasteiger partial charge on any atom is 0.277 e. The van der Waals surface area contributed by atoms with E-state index < -0.39 is 0 Å². The number of ether oxygens (including phenoxy) is 2. The van der Waals surface area contributed by atoms with Gasteiger partial charge >= 0.3 is 0 Å². The van der Waals surface area contributed by atoms with Crippen molar-refractivity contribution < 1.29 is 14.3 Å². The van der Waals surface area contributed by atoms with Gasteiger partial charge in [0.2, 0.25) is 0 Å². The zero-order valence-corrected chi connectivity index (χ0v) is 16.6. The third-order valence-corrected chi connectivity index (χ3v) is 4.20. The maximum absolute atomic E-state index is 11.8. The second-order valence-electron chi connectivity index (χ2n) is 5.85. The van der Waals surface area contributed by atoms with Gasteiger partial charge in [0, 0.05) is 10.0 Å². The van der Waals surface area contributed by atoms with Gasteiger partial charge in [0.05, 0.1) is 6.21 Å². The third-order valence-electron chi connectivity index (χ3n) is 3.71. The number of nitrogens with one attached hydrogen (secondary N) is 1. The summed E-state index contributed by atoms with van der Waals surface area (Å²) in [7, 11) is 0. The lowest BCUT2D eigenvalue weighted by Gasteiger charge is -2.09. The van der Waals surface area contributed by atoms with Crippen molar-refractivity contribution in [3.63, 3.8) is 0 Å². The first-order valence-electron chi connectivity index (χ1n) is 8.67. The fourth-order valence-corrected chi connectivity index (χ4v) is 2.82. The summed E-state index contributed by atoms with van der Waals surface area (Å²) < 4.78 is 12.3. The van der Waals surface area contributed by atoms with Gasteiger partial charge in [-0.2, -0.15) is 5.10 Å². The van der Waals surface area contributed by atoms with Crippen molar-refractivity contribution in [1.29, 1.82) is 0 Å². The number of halogens is 1. The van der Waals surface area contributed by atoms with E-state index in [0.29, 0.717) is 18.1 Å². The van der Waals surface area contributed by atoms with E-state index in [4.69, 9.17) is 9.47 Å². The second kappa shape index (κ2) is 10.3. The molecule has 0 bridgehead atoms. The average molecular weight is 439 g/mol. The molecule has 0 spiro atoms. The summed E-state index contributed by atoms with van der Waals surface area (Å²) in [6, 6.07) is 24.6. The highest BCUT2D eigenvalue weighted by Crippen LogP contribution is 2.19. The van der Waals surface area contributed by atoms with E-state index in [-0.39, 0.29) is 12.5 Å². The number of nitrogens with zero attached hydrogens (tertiary/aromatic N) is 1. The quantitative estimate of drug-likeness (QED) is 0.414. The lowest BCUT2D eigenvalue weighted by Crippen LogP contribution is -2.24. The maximum atomic E-state index is 11.8. The van der Waals surface area contributed by atoms with E-state index in [2.05, 4.69) is 26.5 Å². The van der Waals surface area contributed by atoms with Gasteiger partial charge in [-0.1, -0.05) is 58.4 Å². The van der Waals surface area contributed by atoms with E-state index in [1.807, 2.05) is 66.7 Å². The summed E-state index contributed by atoms with van der Waals surface area (Å²) in [6.45, 7) is 0.323. The Balaban J connectivity index is 1.53. The van der Waals surface area contributed by atoms with Crippen molar-refractivity contribution in [3.05, 3.63) is 94.5 Å². The van der Waals surface area contributed by atoms with Crippen LogP contribution < -0.4 is 14.9 Å². The topological polar surface area (TPSA) is 59.9 Å². The van der Waals surface area contributed by atoms with Crippen molar-refractivity contribution in [2.24, 2.45) is 5.10 Å². The number of amides is 1. The normalized spacial score (nSPS) is 10.6. The number of carbonyl (C=O) groups is 1. The molecule has 0 saturated carbocycles. The number of benzene rings is 3. The lowest BCUT2D eigenvalue weighted by molar-refractivity contribution is -0.123. The highest BCUT2D eigenvalue weighted by atomic mass is 79.9. The molecule has 0 fully saturated rings. The van der Waals surface area contributed by atoms with E-state index in [9.17, 15) is 4.79 Å². The monoisotopic (exact) mass is 438 g/mol. The number of hydrogen-bond acceptors (Lipinski definition) is 4. The first kappa shape index (κ1) is 19.6. The van der Waals surface area contributed by atoms with Crippen molar-refractivity contribution >= 4 is 28.1 Å². The SMILES string of the molecule is O=C(COc1ccccc1)N/N=C\c1ccccc1OCc1cccc(Br)c1. The Morgan fingerprint density at radius 1 is 0.964 bits per heavy atom. The predicted octanol–water partition coefficient (Wildman–Crippen LogP) is 4.56. The number of hydrogen-bond donors (Lipinski definition) is 1. The molecule has 0 saturated heterocycles. The summed E-state index contributed by atoms with van der Waals surface area (Å²) in [6.07, 6.45) is 1.55. The Morgan fingerprint density at radius 2 is 1.75 bits per heavy atom. The van der Waals surface area contributed by atoms with Crippen molar-refractivity contribution in [2.75, 3.05) is 6.61 Å². The predicted molar refractivity (Wildman–Crippen MR) is 113 cm³/mol. The standard InChI is InChI=1S/C22H19BrN2O3/c23-19-9-6-7-17(13-19)15-28-21-12-5-4-8-18(21)14-24-25-22(26)16-27-20-10-2-1-3-11-20/h1-14H,15-16H2,(H,25,26)/b24-14-. The van der Waals surface area contributed by atoms with Crippen LogP contribution in [0.15, 0.2) is 88.4 Å². The van der Waals surface area contributed by atoms with Gasteiger partial charge in [0.25, 0.3) is 5.91 Å².